The molecule has 1 amide bonds. The lowest BCUT2D eigenvalue weighted by Crippen LogP contribution is -2.45. The SMILES string of the molecule is CC(C)c1noc2nc(-c3ccco3)cc(C(=O)N[C@H]3CCCNC3)c12.Cl. The number of hydrogen-bond donors (Lipinski definition) is 2. The van der Waals surface area contributed by atoms with Crippen molar-refractivity contribution in [3.63, 3.8) is 0 Å². The van der Waals surface area contributed by atoms with E-state index in [9.17, 15) is 4.79 Å². The lowest BCUT2D eigenvalue weighted by atomic mass is 10.0. The fraction of sp³-hybridized carbons (Fsp3) is 0.421. The molecule has 0 saturated carbocycles. The Balaban J connectivity index is 0.00000210. The molecule has 1 atom stereocenters. The molecule has 3 aromatic heterocycles. The quantitative estimate of drug-likeness (QED) is 0.708. The van der Waals surface area contributed by atoms with Gasteiger partial charge in [0.2, 0.25) is 0 Å². The molecule has 27 heavy (non-hydrogen) atoms. The molecule has 7 nitrogen and oxygen atoms in total. The average molecular weight is 391 g/mol. The van der Waals surface area contributed by atoms with Gasteiger partial charge in [-0.2, -0.15) is 0 Å². The summed E-state index contributed by atoms with van der Waals surface area (Å²) in [6, 6.07) is 5.47. The first-order chi connectivity index (χ1) is 12.6. The standard InChI is InChI=1S/C19H22N4O3.ClH/c1-11(2)17-16-13(18(24)21-12-5-3-7-20-10-12)9-14(15-6-4-8-25-15)22-19(16)26-23-17;/h4,6,8-9,11-12,20H,3,5,7,10H2,1-2H3,(H,21,24);1H/t12-;/m0./s1. The summed E-state index contributed by atoms with van der Waals surface area (Å²) in [4.78, 5) is 17.6. The Bertz CT molecular complexity index is 915. The summed E-state index contributed by atoms with van der Waals surface area (Å²) in [6.45, 7) is 5.82. The van der Waals surface area contributed by atoms with Crippen molar-refractivity contribution in [3.05, 3.63) is 35.7 Å². The van der Waals surface area contributed by atoms with E-state index in [-0.39, 0.29) is 30.3 Å². The minimum atomic E-state index is -0.135. The van der Waals surface area contributed by atoms with E-state index in [0.717, 1.165) is 31.6 Å². The number of nitrogens with zero attached hydrogens (tertiary/aromatic N) is 2. The number of aromatic nitrogens is 2. The van der Waals surface area contributed by atoms with Crippen molar-refractivity contribution in [2.75, 3.05) is 13.1 Å². The Hall–Kier alpha value is -2.38. The molecule has 8 heteroatoms. The zero-order valence-electron chi connectivity index (χ0n) is 15.3. The lowest BCUT2D eigenvalue weighted by Gasteiger charge is -2.24. The minimum Gasteiger partial charge on any atom is -0.463 e. The lowest BCUT2D eigenvalue weighted by molar-refractivity contribution is 0.0932. The zero-order valence-corrected chi connectivity index (χ0v) is 16.1. The van der Waals surface area contributed by atoms with Crippen LogP contribution in [0.25, 0.3) is 22.6 Å². The van der Waals surface area contributed by atoms with Crippen LogP contribution in [0.3, 0.4) is 0 Å². The third-order valence-corrected chi connectivity index (χ3v) is 4.67. The molecule has 0 radical (unpaired) electrons. The minimum absolute atomic E-state index is 0. The molecule has 1 aliphatic rings. The fourth-order valence-corrected chi connectivity index (χ4v) is 3.34. The Morgan fingerprint density at radius 2 is 2.26 bits per heavy atom. The second-order valence-electron chi connectivity index (χ2n) is 6.95. The van der Waals surface area contributed by atoms with Crippen molar-refractivity contribution in [1.29, 1.82) is 0 Å². The van der Waals surface area contributed by atoms with Gasteiger partial charge in [0.1, 0.15) is 5.69 Å². The first-order valence-electron chi connectivity index (χ1n) is 8.99. The number of furan rings is 1. The molecule has 0 bridgehead atoms. The van der Waals surface area contributed by atoms with Gasteiger partial charge in [-0.25, -0.2) is 4.98 Å². The van der Waals surface area contributed by atoms with Gasteiger partial charge < -0.3 is 19.6 Å². The predicted octanol–water partition coefficient (Wildman–Crippen LogP) is 3.51. The van der Waals surface area contributed by atoms with Gasteiger partial charge in [0.05, 0.1) is 22.9 Å². The van der Waals surface area contributed by atoms with Gasteiger partial charge in [0, 0.05) is 12.6 Å². The van der Waals surface area contributed by atoms with Crippen LogP contribution in [-0.4, -0.2) is 35.2 Å². The molecule has 2 N–H and O–H groups in total. The topological polar surface area (TPSA) is 93.2 Å². The molecule has 4 rings (SSSR count). The summed E-state index contributed by atoms with van der Waals surface area (Å²) in [6.07, 6.45) is 3.60. The number of hydrogen-bond acceptors (Lipinski definition) is 6. The predicted molar refractivity (Wildman–Crippen MR) is 104 cm³/mol. The summed E-state index contributed by atoms with van der Waals surface area (Å²) in [5.74, 6) is 0.571. The van der Waals surface area contributed by atoms with Crippen molar-refractivity contribution < 1.29 is 13.7 Å². The highest BCUT2D eigenvalue weighted by molar-refractivity contribution is 6.07. The van der Waals surface area contributed by atoms with Crippen molar-refractivity contribution >= 4 is 29.4 Å². The van der Waals surface area contributed by atoms with E-state index < -0.39 is 0 Å². The number of piperidine rings is 1. The van der Waals surface area contributed by atoms with E-state index in [4.69, 9.17) is 8.94 Å². The Morgan fingerprint density at radius 1 is 1.41 bits per heavy atom. The number of pyridine rings is 1. The highest BCUT2D eigenvalue weighted by atomic mass is 35.5. The maximum absolute atomic E-state index is 13.1. The first kappa shape index (κ1) is 19.4. The van der Waals surface area contributed by atoms with Crippen LogP contribution < -0.4 is 10.6 Å². The largest absolute Gasteiger partial charge is 0.463 e. The highest BCUT2D eigenvalue weighted by Gasteiger charge is 2.25. The zero-order chi connectivity index (χ0) is 18.1. The van der Waals surface area contributed by atoms with Crippen LogP contribution in [0.2, 0.25) is 0 Å². The number of carbonyl (C=O) groups excluding carboxylic acids is 1. The first-order valence-corrected chi connectivity index (χ1v) is 8.99. The maximum atomic E-state index is 13.1. The molecule has 1 saturated heterocycles. The molecule has 0 spiro atoms. The second-order valence-corrected chi connectivity index (χ2v) is 6.95. The Kier molecular flexibility index (Phi) is 5.82. The molecule has 0 unspecified atom stereocenters. The van der Waals surface area contributed by atoms with E-state index in [0.29, 0.717) is 28.1 Å². The van der Waals surface area contributed by atoms with Crippen molar-refractivity contribution in [2.24, 2.45) is 0 Å². The molecule has 3 aromatic rings. The molecule has 0 aliphatic carbocycles. The van der Waals surface area contributed by atoms with Gasteiger partial charge in [0.25, 0.3) is 11.6 Å². The van der Waals surface area contributed by atoms with Gasteiger partial charge >= 0.3 is 0 Å². The van der Waals surface area contributed by atoms with E-state index in [2.05, 4.69) is 20.8 Å². The molecular formula is C19H23ClN4O3. The van der Waals surface area contributed by atoms with Gasteiger partial charge in [-0.05, 0) is 43.5 Å². The number of nitrogens with one attached hydrogen (secondary N) is 2. The molecule has 1 aliphatic heterocycles. The third kappa shape index (κ3) is 3.84. The average Bonchev–Trinajstić information content (AvgIpc) is 3.31. The molecular weight excluding hydrogens is 368 g/mol. The summed E-state index contributed by atoms with van der Waals surface area (Å²) in [5, 5.41) is 11.3. The van der Waals surface area contributed by atoms with E-state index >= 15 is 0 Å². The third-order valence-electron chi connectivity index (χ3n) is 4.67. The summed E-state index contributed by atoms with van der Waals surface area (Å²) < 4.78 is 10.9. The Labute approximate surface area is 163 Å². The molecule has 4 heterocycles. The second kappa shape index (κ2) is 8.10. The normalized spacial score (nSPS) is 17.1. The maximum Gasteiger partial charge on any atom is 0.259 e. The summed E-state index contributed by atoms with van der Waals surface area (Å²) in [7, 11) is 0. The Morgan fingerprint density at radius 3 is 2.93 bits per heavy atom. The molecule has 144 valence electrons. The van der Waals surface area contributed by atoms with Crippen LogP contribution in [0.5, 0.6) is 0 Å². The van der Waals surface area contributed by atoms with Crippen molar-refractivity contribution in [1.82, 2.24) is 20.8 Å². The molecule has 1 fully saturated rings. The highest BCUT2D eigenvalue weighted by Crippen LogP contribution is 2.30. The van der Waals surface area contributed by atoms with E-state index in [1.807, 2.05) is 13.8 Å². The summed E-state index contributed by atoms with van der Waals surface area (Å²) >= 11 is 0. The van der Waals surface area contributed by atoms with E-state index in [1.54, 1.807) is 24.5 Å². The number of rotatable bonds is 4. The van der Waals surface area contributed by atoms with Crippen molar-refractivity contribution in [3.8, 4) is 11.5 Å². The summed E-state index contributed by atoms with van der Waals surface area (Å²) in [5.41, 5.74) is 2.18. The number of halogens is 1. The van der Waals surface area contributed by atoms with Crippen LogP contribution in [0.15, 0.2) is 33.4 Å². The number of carbonyl (C=O) groups is 1. The van der Waals surface area contributed by atoms with Crippen LogP contribution >= 0.6 is 12.4 Å². The van der Waals surface area contributed by atoms with Crippen LogP contribution in [0.1, 0.15) is 48.7 Å². The van der Waals surface area contributed by atoms with Gasteiger partial charge in [-0.3, -0.25) is 4.79 Å². The number of fused-ring (bicyclic) bond motifs is 1. The van der Waals surface area contributed by atoms with Crippen molar-refractivity contribution in [2.45, 2.75) is 38.6 Å². The smallest absolute Gasteiger partial charge is 0.259 e. The van der Waals surface area contributed by atoms with Gasteiger partial charge in [-0.15, -0.1) is 12.4 Å². The van der Waals surface area contributed by atoms with Gasteiger partial charge in [0.15, 0.2) is 5.76 Å². The monoisotopic (exact) mass is 390 g/mol. The van der Waals surface area contributed by atoms with E-state index in [1.165, 1.54) is 0 Å². The molecule has 0 aromatic carbocycles. The number of amides is 1. The van der Waals surface area contributed by atoms with Crippen LogP contribution in [-0.2, 0) is 0 Å². The van der Waals surface area contributed by atoms with Gasteiger partial charge in [-0.1, -0.05) is 19.0 Å². The van der Waals surface area contributed by atoms with Crippen LogP contribution in [0, 0.1) is 0 Å². The fourth-order valence-electron chi connectivity index (χ4n) is 3.34. The van der Waals surface area contributed by atoms with Crippen LogP contribution in [0.4, 0.5) is 0 Å².